The minimum atomic E-state index is -2.12. The molecular weight excluding hydrogens is 386 g/mol. The molecule has 0 radical (unpaired) electrons. The van der Waals surface area contributed by atoms with E-state index in [1.807, 2.05) is 37.3 Å². The van der Waals surface area contributed by atoms with E-state index in [-0.39, 0.29) is 23.2 Å². The first kappa shape index (κ1) is 23.6. The number of rotatable bonds is 6. The molecule has 1 saturated heterocycles. The average molecular weight is 422 g/mol. The van der Waals surface area contributed by atoms with Crippen LogP contribution in [0.2, 0.25) is 18.1 Å². The summed E-state index contributed by atoms with van der Waals surface area (Å²) < 4.78 is 16.8. The Morgan fingerprint density at radius 3 is 2.07 bits per heavy atom. The summed E-state index contributed by atoms with van der Waals surface area (Å²) in [6.45, 7) is 12.8. The number of carbonyl (C=O) groups excluding carboxylic acids is 2. The highest BCUT2D eigenvalue weighted by Gasteiger charge is 2.54. The fourth-order valence-corrected chi connectivity index (χ4v) is 5.31. The molecule has 6 nitrogen and oxygen atoms in total. The third-order valence-corrected chi connectivity index (χ3v) is 11.0. The molecule has 1 aliphatic rings. The summed E-state index contributed by atoms with van der Waals surface area (Å²) in [5.41, 5.74) is 0.929. The van der Waals surface area contributed by atoms with Gasteiger partial charge < -0.3 is 13.9 Å². The van der Waals surface area contributed by atoms with Gasteiger partial charge in [0.05, 0.1) is 20.1 Å². The normalized spacial score (nSPS) is 26.1. The zero-order valence-corrected chi connectivity index (χ0v) is 19.8. The molecule has 1 N–H and O–H groups in total. The molecule has 1 aliphatic heterocycles. The van der Waals surface area contributed by atoms with E-state index < -0.39 is 32.2 Å². The fourth-order valence-electron chi connectivity index (χ4n) is 3.87. The van der Waals surface area contributed by atoms with Crippen molar-refractivity contribution in [3.63, 3.8) is 0 Å². The van der Waals surface area contributed by atoms with Crippen LogP contribution in [0.15, 0.2) is 30.3 Å². The minimum Gasteiger partial charge on any atom is -0.469 e. The Morgan fingerprint density at radius 1 is 1.03 bits per heavy atom. The number of methoxy groups -OCH3 is 2. The van der Waals surface area contributed by atoms with Crippen LogP contribution in [0.1, 0.15) is 39.3 Å². The first-order chi connectivity index (χ1) is 13.4. The molecule has 2 rings (SSSR count). The standard InChI is InChI=1S/C22H35NO5Si/c1-14(28-29(7,8)22(2,3)4)16-17(20(24)26-5)18(15-12-10-9-11-13-15)23-19(16)21(25)27-6/h9-14,16-19,23H,1-8H3/t14-,16-,17-,18-,19-/m0/s1. The van der Waals surface area contributed by atoms with Crippen LogP contribution < -0.4 is 5.32 Å². The Bertz CT molecular complexity index is 716. The van der Waals surface area contributed by atoms with Gasteiger partial charge in [-0.1, -0.05) is 51.1 Å². The van der Waals surface area contributed by atoms with E-state index in [4.69, 9.17) is 13.9 Å². The molecule has 0 spiro atoms. The molecule has 1 aromatic rings. The number of hydrogen-bond donors (Lipinski definition) is 1. The van der Waals surface area contributed by atoms with Gasteiger partial charge in [-0.05, 0) is 30.6 Å². The highest BCUT2D eigenvalue weighted by Crippen LogP contribution is 2.44. The van der Waals surface area contributed by atoms with Crippen molar-refractivity contribution >= 4 is 20.3 Å². The van der Waals surface area contributed by atoms with Crippen LogP contribution >= 0.6 is 0 Å². The Labute approximate surface area is 175 Å². The van der Waals surface area contributed by atoms with Gasteiger partial charge in [-0.15, -0.1) is 0 Å². The molecule has 0 amide bonds. The minimum absolute atomic E-state index is 0.00759. The van der Waals surface area contributed by atoms with Gasteiger partial charge in [0, 0.05) is 18.1 Å². The summed E-state index contributed by atoms with van der Waals surface area (Å²) in [6.07, 6.45) is -0.328. The lowest BCUT2D eigenvalue weighted by Gasteiger charge is -2.41. The first-order valence-corrected chi connectivity index (χ1v) is 13.0. The van der Waals surface area contributed by atoms with E-state index in [1.165, 1.54) is 14.2 Å². The second kappa shape index (κ2) is 8.98. The summed E-state index contributed by atoms with van der Waals surface area (Å²) in [5, 5.41) is 3.35. The molecule has 1 fully saturated rings. The van der Waals surface area contributed by atoms with Crippen molar-refractivity contribution in [1.82, 2.24) is 5.32 Å². The third kappa shape index (κ3) is 4.90. The highest BCUT2D eigenvalue weighted by atomic mass is 28.4. The molecule has 162 valence electrons. The smallest absolute Gasteiger partial charge is 0.323 e. The van der Waals surface area contributed by atoms with Crippen molar-refractivity contribution in [3.8, 4) is 0 Å². The van der Waals surface area contributed by atoms with E-state index in [0.29, 0.717) is 0 Å². The number of benzene rings is 1. The fraction of sp³-hybridized carbons (Fsp3) is 0.636. The first-order valence-electron chi connectivity index (χ1n) is 10.1. The largest absolute Gasteiger partial charge is 0.469 e. The molecule has 0 bridgehead atoms. The van der Waals surface area contributed by atoms with Gasteiger partial charge in [0.15, 0.2) is 8.32 Å². The summed E-state index contributed by atoms with van der Waals surface area (Å²) in [4.78, 5) is 25.5. The predicted octanol–water partition coefficient (Wildman–Crippen LogP) is 3.69. The van der Waals surface area contributed by atoms with Crippen LogP contribution in [0.4, 0.5) is 0 Å². The van der Waals surface area contributed by atoms with Crippen LogP contribution in [0.5, 0.6) is 0 Å². The lowest BCUT2D eigenvalue weighted by molar-refractivity contribution is -0.150. The topological polar surface area (TPSA) is 73.9 Å². The average Bonchev–Trinajstić information content (AvgIpc) is 3.07. The Balaban J connectivity index is 2.47. The Morgan fingerprint density at radius 2 is 1.59 bits per heavy atom. The van der Waals surface area contributed by atoms with Gasteiger partial charge in [0.1, 0.15) is 6.04 Å². The third-order valence-electron chi connectivity index (χ3n) is 6.43. The zero-order chi connectivity index (χ0) is 22.0. The molecule has 0 saturated carbocycles. The number of nitrogens with one attached hydrogen (secondary N) is 1. The van der Waals surface area contributed by atoms with Gasteiger partial charge in [0.2, 0.25) is 0 Å². The van der Waals surface area contributed by atoms with Crippen molar-refractivity contribution in [3.05, 3.63) is 35.9 Å². The maximum Gasteiger partial charge on any atom is 0.323 e. The summed E-state index contributed by atoms with van der Waals surface area (Å²) in [5.74, 6) is -1.72. The number of esters is 2. The van der Waals surface area contributed by atoms with E-state index in [9.17, 15) is 9.59 Å². The molecule has 7 heteroatoms. The Hall–Kier alpha value is -1.70. The van der Waals surface area contributed by atoms with Gasteiger partial charge >= 0.3 is 11.9 Å². The van der Waals surface area contributed by atoms with E-state index >= 15 is 0 Å². The second-order valence-corrected chi connectivity index (χ2v) is 14.0. The quantitative estimate of drug-likeness (QED) is 0.558. The molecule has 1 aromatic carbocycles. The summed E-state index contributed by atoms with van der Waals surface area (Å²) >= 11 is 0. The van der Waals surface area contributed by atoms with Crippen molar-refractivity contribution in [2.24, 2.45) is 11.8 Å². The number of carbonyl (C=O) groups is 2. The maximum atomic E-state index is 12.9. The monoisotopic (exact) mass is 421 g/mol. The van der Waals surface area contributed by atoms with Crippen LogP contribution in [0.25, 0.3) is 0 Å². The van der Waals surface area contributed by atoms with E-state index in [0.717, 1.165) is 5.56 Å². The summed E-state index contributed by atoms with van der Waals surface area (Å²) in [6, 6.07) is 8.64. The molecular formula is C22H35NO5Si. The van der Waals surface area contributed by atoms with Gasteiger partial charge in [-0.3, -0.25) is 14.9 Å². The van der Waals surface area contributed by atoms with Crippen LogP contribution in [0.3, 0.4) is 0 Å². The van der Waals surface area contributed by atoms with Gasteiger partial charge in [0.25, 0.3) is 0 Å². The summed E-state index contributed by atoms with van der Waals surface area (Å²) in [7, 11) is 0.628. The predicted molar refractivity (Wildman–Crippen MR) is 115 cm³/mol. The van der Waals surface area contributed by atoms with E-state index in [1.54, 1.807) is 0 Å². The van der Waals surface area contributed by atoms with Gasteiger partial charge in [-0.25, -0.2) is 0 Å². The van der Waals surface area contributed by atoms with E-state index in [2.05, 4.69) is 39.2 Å². The lowest BCUT2D eigenvalue weighted by atomic mass is 9.81. The molecule has 5 atom stereocenters. The molecule has 0 aliphatic carbocycles. The Kier molecular flexibility index (Phi) is 7.30. The number of hydrogen-bond acceptors (Lipinski definition) is 6. The maximum absolute atomic E-state index is 12.9. The molecule has 0 unspecified atom stereocenters. The van der Waals surface area contributed by atoms with Crippen molar-refractivity contribution in [2.75, 3.05) is 14.2 Å². The highest BCUT2D eigenvalue weighted by molar-refractivity contribution is 6.74. The lowest BCUT2D eigenvalue weighted by Crippen LogP contribution is -2.50. The number of ether oxygens (including phenoxy) is 2. The molecule has 29 heavy (non-hydrogen) atoms. The van der Waals surface area contributed by atoms with Crippen molar-refractivity contribution in [2.45, 2.75) is 64.0 Å². The van der Waals surface area contributed by atoms with Crippen molar-refractivity contribution < 1.29 is 23.5 Å². The SMILES string of the molecule is COC(=O)[C@H]1[C@H]([C@H](C)O[Si](C)(C)C(C)(C)C)[C@@H](C(=O)OC)N[C@H]1c1ccccc1. The van der Waals surface area contributed by atoms with Crippen molar-refractivity contribution in [1.29, 1.82) is 0 Å². The molecule has 1 heterocycles. The molecule has 0 aromatic heterocycles. The van der Waals surface area contributed by atoms with Crippen LogP contribution in [0, 0.1) is 11.8 Å². The zero-order valence-electron chi connectivity index (χ0n) is 18.8. The van der Waals surface area contributed by atoms with Crippen LogP contribution in [-0.2, 0) is 23.5 Å². The van der Waals surface area contributed by atoms with Gasteiger partial charge in [-0.2, -0.15) is 0 Å². The van der Waals surface area contributed by atoms with Crippen LogP contribution in [-0.4, -0.2) is 46.6 Å². The second-order valence-electron chi connectivity index (χ2n) is 9.27.